The van der Waals surface area contributed by atoms with Crippen molar-refractivity contribution >= 4 is 50.0 Å². The Labute approximate surface area is 143 Å². The molecule has 0 aliphatic carbocycles. The molecule has 0 bridgehead atoms. The summed E-state index contributed by atoms with van der Waals surface area (Å²) in [7, 11) is -4.84. The molecule has 0 fully saturated rings. The minimum atomic E-state index is -4.84. The molecule has 0 rings (SSSR count). The Hall–Kier alpha value is -0.150. The molecule has 0 aromatic carbocycles. The maximum Gasteiger partial charge on any atom is 0.325 e. The summed E-state index contributed by atoms with van der Waals surface area (Å²) >= 11 is 1.41. The average molecular weight is 334 g/mol. The molecule has 21 heavy (non-hydrogen) atoms. The molecule has 0 spiro atoms. The first kappa shape index (κ1) is 23.1. The molecule has 120 valence electrons. The second-order valence-corrected chi connectivity index (χ2v) is 8.21. The van der Waals surface area contributed by atoms with Crippen molar-refractivity contribution < 1.29 is 32.8 Å². The van der Waals surface area contributed by atoms with Crippen LogP contribution >= 0.6 is 0 Å². The Kier molecular flexibility index (Phi) is 13.7. The molecular weight excluding hydrogens is 311 g/mol. The molecule has 0 aromatic heterocycles. The quantitative estimate of drug-likeness (QED) is 0.432. The predicted octanol–water partition coefficient (Wildman–Crippen LogP) is 1.74. The molecule has 0 heterocycles. The molecule has 2 unspecified atom stereocenters. The molecule has 9 heteroatoms. The van der Waals surface area contributed by atoms with Gasteiger partial charge >= 0.3 is 89.0 Å². The number of rotatable bonds is 9. The van der Waals surface area contributed by atoms with Gasteiger partial charge in [0, 0.05) is 0 Å². The third kappa shape index (κ3) is 14.5. The van der Waals surface area contributed by atoms with Crippen molar-refractivity contribution in [2.24, 2.45) is 0 Å². The number of carbonyl (C=O) groups is 2. The maximum absolute atomic E-state index is 10.2. The molecule has 0 aliphatic rings. The number of unbranched alkanes of at least 4 members (excludes halogenated alkanes) is 1. The third-order valence-corrected chi connectivity index (χ3v) is 5.07. The zero-order valence-corrected chi connectivity index (χ0v) is 15.6. The van der Waals surface area contributed by atoms with E-state index in [2.05, 4.69) is 13.8 Å². The van der Waals surface area contributed by atoms with Crippen LogP contribution in [0.3, 0.4) is 0 Å². The summed E-state index contributed by atoms with van der Waals surface area (Å²) < 4.78 is 29.8. The zero-order valence-electron chi connectivity index (χ0n) is 12.8. The van der Waals surface area contributed by atoms with E-state index in [1.165, 1.54) is 60.0 Å². The van der Waals surface area contributed by atoms with E-state index < -0.39 is 33.7 Å². The number of aliphatic carboxylic acids is 2. The molecule has 0 radical (unpaired) electrons. The van der Waals surface area contributed by atoms with Crippen molar-refractivity contribution in [3.8, 4) is 0 Å². The van der Waals surface area contributed by atoms with E-state index in [0.717, 1.165) is 3.17 Å². The van der Waals surface area contributed by atoms with Gasteiger partial charge in [0.25, 0.3) is 10.1 Å². The minimum Gasteiger partial charge on any atom is -0.481 e. The SMILES string of the molecule is CCCC[CH]([Na])CCC.O=C(O)CC(C(=O)O)S(=O)(=O)O. The van der Waals surface area contributed by atoms with Gasteiger partial charge in [-0.2, -0.15) is 8.42 Å². The van der Waals surface area contributed by atoms with Gasteiger partial charge in [-0.05, 0) is 0 Å². The first-order valence-corrected chi connectivity index (χ1v) is 9.62. The molecule has 0 aromatic rings. The second kappa shape index (κ2) is 12.4. The molecule has 0 aliphatic heterocycles. The summed E-state index contributed by atoms with van der Waals surface area (Å²) in [6, 6.07) is 0. The predicted molar refractivity (Wildman–Crippen MR) is 79.2 cm³/mol. The summed E-state index contributed by atoms with van der Waals surface area (Å²) in [5.74, 6) is -3.50. The van der Waals surface area contributed by atoms with Crippen molar-refractivity contribution in [3.05, 3.63) is 0 Å². The van der Waals surface area contributed by atoms with Crippen LogP contribution in [-0.2, 0) is 19.7 Å². The van der Waals surface area contributed by atoms with E-state index in [9.17, 15) is 18.0 Å². The van der Waals surface area contributed by atoms with Crippen LogP contribution in [0, 0.1) is 0 Å². The van der Waals surface area contributed by atoms with Gasteiger partial charge in [-0.25, -0.2) is 0 Å². The van der Waals surface area contributed by atoms with E-state index >= 15 is 0 Å². The van der Waals surface area contributed by atoms with Gasteiger partial charge in [-0.1, -0.05) is 0 Å². The van der Waals surface area contributed by atoms with Gasteiger partial charge in [-0.3, -0.25) is 14.1 Å². The van der Waals surface area contributed by atoms with Crippen LogP contribution in [0.15, 0.2) is 0 Å². The van der Waals surface area contributed by atoms with Gasteiger partial charge < -0.3 is 10.2 Å². The van der Waals surface area contributed by atoms with Gasteiger partial charge in [0.05, 0.1) is 6.42 Å². The molecule has 2 atom stereocenters. The van der Waals surface area contributed by atoms with Crippen LogP contribution in [0.1, 0.15) is 52.4 Å². The van der Waals surface area contributed by atoms with E-state index in [1.54, 1.807) is 0 Å². The zero-order chi connectivity index (χ0) is 17.1. The molecule has 7 nitrogen and oxygen atoms in total. The van der Waals surface area contributed by atoms with Gasteiger partial charge in [0.1, 0.15) is 0 Å². The Bertz CT molecular complexity index is 408. The third-order valence-electron chi connectivity index (χ3n) is 2.83. The van der Waals surface area contributed by atoms with Crippen LogP contribution in [0.5, 0.6) is 0 Å². The van der Waals surface area contributed by atoms with Crippen LogP contribution in [0.25, 0.3) is 0 Å². The summed E-state index contributed by atoms with van der Waals surface area (Å²) in [6.07, 6.45) is 6.03. The minimum absolute atomic E-state index is 1.11. The van der Waals surface area contributed by atoms with Crippen molar-refractivity contribution in [1.29, 1.82) is 0 Å². The van der Waals surface area contributed by atoms with Crippen molar-refractivity contribution in [1.82, 2.24) is 0 Å². The smallest absolute Gasteiger partial charge is 0.325 e. The number of hydrogen-bond acceptors (Lipinski definition) is 4. The average Bonchev–Trinajstić information content (AvgIpc) is 2.33. The van der Waals surface area contributed by atoms with Crippen LogP contribution in [0.2, 0.25) is 3.17 Å². The fraction of sp³-hybridized carbons (Fsp3) is 0.833. The molecule has 0 saturated carbocycles. The monoisotopic (exact) mass is 334 g/mol. The van der Waals surface area contributed by atoms with Crippen molar-refractivity contribution in [2.45, 2.75) is 60.8 Å². The number of carboxylic acid groups (broad SMARTS) is 2. The van der Waals surface area contributed by atoms with Gasteiger partial charge in [0.15, 0.2) is 5.25 Å². The molecule has 0 amide bonds. The number of carboxylic acids is 2. The summed E-state index contributed by atoms with van der Waals surface area (Å²) in [6.45, 7) is 4.57. The Morgan fingerprint density at radius 2 is 1.62 bits per heavy atom. The van der Waals surface area contributed by atoms with E-state index in [1.807, 2.05) is 0 Å². The fourth-order valence-corrected chi connectivity index (χ4v) is 3.26. The summed E-state index contributed by atoms with van der Waals surface area (Å²) in [5.41, 5.74) is 0. The largest absolute Gasteiger partial charge is 0.481 e. The van der Waals surface area contributed by atoms with Crippen molar-refractivity contribution in [3.63, 3.8) is 0 Å². The molecule has 3 N–H and O–H groups in total. The fourth-order valence-electron chi connectivity index (χ4n) is 1.67. The van der Waals surface area contributed by atoms with Gasteiger partial charge in [-0.15, -0.1) is 0 Å². The second-order valence-electron chi connectivity index (χ2n) is 4.98. The summed E-state index contributed by atoms with van der Waals surface area (Å²) in [4.78, 5) is 20.0. The standard InChI is InChI=1S/C8H17.C4H6O7S.Na/c1-3-5-7-8-6-4-2;5-3(6)1-2(4(7)8)12(9,10)11;/h7H,3-6,8H2,1-2H3;2H,1H2,(H,5,6)(H,7,8)(H,9,10,11);. The van der Waals surface area contributed by atoms with Gasteiger partial charge in [0.2, 0.25) is 0 Å². The first-order valence-electron chi connectivity index (χ1n) is 6.97. The van der Waals surface area contributed by atoms with E-state index in [0.29, 0.717) is 0 Å². The normalized spacial score (nSPS) is 13.8. The van der Waals surface area contributed by atoms with E-state index in [4.69, 9.17) is 14.8 Å². The maximum atomic E-state index is 10.2. The topological polar surface area (TPSA) is 129 Å². The summed E-state index contributed by atoms with van der Waals surface area (Å²) in [5, 5.41) is 13.9. The number of hydrogen-bond donors (Lipinski definition) is 3. The van der Waals surface area contributed by atoms with Crippen LogP contribution in [-0.4, -0.2) is 68.3 Å². The van der Waals surface area contributed by atoms with Crippen LogP contribution < -0.4 is 0 Å². The first-order chi connectivity index (χ1) is 9.56. The van der Waals surface area contributed by atoms with E-state index in [-0.39, 0.29) is 0 Å². The Morgan fingerprint density at radius 3 is 1.86 bits per heavy atom. The Morgan fingerprint density at radius 1 is 1.10 bits per heavy atom. The Balaban J connectivity index is 0. The van der Waals surface area contributed by atoms with Crippen molar-refractivity contribution in [2.75, 3.05) is 0 Å². The van der Waals surface area contributed by atoms with Crippen LogP contribution in [0.4, 0.5) is 0 Å². The molecule has 0 saturated heterocycles. The molecular formula is C12H23NaO7S.